The maximum absolute atomic E-state index is 12.8. The van der Waals surface area contributed by atoms with Gasteiger partial charge in [0.25, 0.3) is 0 Å². The van der Waals surface area contributed by atoms with E-state index in [1.54, 1.807) is 6.92 Å². The van der Waals surface area contributed by atoms with E-state index in [9.17, 15) is 9.59 Å². The van der Waals surface area contributed by atoms with Crippen LogP contribution in [0.4, 0.5) is 0 Å². The molecule has 146 valence electrons. The molecule has 0 unspecified atom stereocenters. The zero-order valence-electron chi connectivity index (χ0n) is 16.3. The molecule has 0 bridgehead atoms. The van der Waals surface area contributed by atoms with Crippen molar-refractivity contribution < 1.29 is 9.59 Å². The van der Waals surface area contributed by atoms with E-state index in [2.05, 4.69) is 34.1 Å². The van der Waals surface area contributed by atoms with Crippen LogP contribution in [0, 0.1) is 0 Å². The first-order valence-electron chi connectivity index (χ1n) is 10.5. The first-order chi connectivity index (χ1) is 13.1. The number of hydrogen-bond acceptors (Lipinski definition) is 3. The minimum atomic E-state index is 0.126. The van der Waals surface area contributed by atoms with Gasteiger partial charge in [-0.3, -0.25) is 14.5 Å². The SMILES string of the molecule is CC(=O)N1[C@H](c2ccccc2)C[C@@H]2[C@@H]1CCCCN2CC(=O)N1CCCC1. The van der Waals surface area contributed by atoms with Crippen LogP contribution in [-0.2, 0) is 9.59 Å². The average molecular weight is 370 g/mol. The third kappa shape index (κ3) is 3.75. The Morgan fingerprint density at radius 2 is 1.67 bits per heavy atom. The van der Waals surface area contributed by atoms with E-state index in [0.717, 1.165) is 58.2 Å². The van der Waals surface area contributed by atoms with Gasteiger partial charge in [-0.1, -0.05) is 36.8 Å². The molecule has 4 rings (SSSR count). The van der Waals surface area contributed by atoms with Gasteiger partial charge in [-0.2, -0.15) is 0 Å². The largest absolute Gasteiger partial charge is 0.342 e. The fourth-order valence-electron chi connectivity index (χ4n) is 5.34. The van der Waals surface area contributed by atoms with Gasteiger partial charge in [0.15, 0.2) is 0 Å². The lowest BCUT2D eigenvalue weighted by Crippen LogP contribution is -2.49. The Hall–Kier alpha value is -1.88. The van der Waals surface area contributed by atoms with E-state index in [1.807, 2.05) is 11.0 Å². The molecule has 0 N–H and O–H groups in total. The van der Waals surface area contributed by atoms with Crippen molar-refractivity contribution in [1.82, 2.24) is 14.7 Å². The van der Waals surface area contributed by atoms with Crippen LogP contribution in [0.5, 0.6) is 0 Å². The quantitative estimate of drug-likeness (QED) is 0.823. The molecule has 1 aromatic carbocycles. The van der Waals surface area contributed by atoms with Gasteiger partial charge in [0.2, 0.25) is 11.8 Å². The highest BCUT2D eigenvalue weighted by molar-refractivity contribution is 5.78. The van der Waals surface area contributed by atoms with Gasteiger partial charge in [-0.15, -0.1) is 0 Å². The second kappa shape index (κ2) is 8.01. The summed E-state index contributed by atoms with van der Waals surface area (Å²) in [6.45, 7) is 4.99. The molecule has 5 nitrogen and oxygen atoms in total. The Balaban J connectivity index is 1.56. The molecule has 3 aliphatic heterocycles. The van der Waals surface area contributed by atoms with E-state index in [1.165, 1.54) is 5.56 Å². The molecule has 3 atom stereocenters. The molecule has 0 radical (unpaired) electrons. The van der Waals surface area contributed by atoms with Crippen LogP contribution >= 0.6 is 0 Å². The molecule has 0 aromatic heterocycles. The van der Waals surface area contributed by atoms with Crippen molar-refractivity contribution in [3.05, 3.63) is 35.9 Å². The van der Waals surface area contributed by atoms with Crippen molar-refractivity contribution in [2.24, 2.45) is 0 Å². The van der Waals surface area contributed by atoms with Gasteiger partial charge < -0.3 is 9.80 Å². The minimum Gasteiger partial charge on any atom is -0.342 e. The van der Waals surface area contributed by atoms with Gasteiger partial charge in [0.1, 0.15) is 0 Å². The normalized spacial score (nSPS) is 28.9. The standard InChI is InChI=1S/C22H31N3O2/c1-17(26)25-19-11-5-6-14-24(16-22(27)23-12-7-8-13-23)21(19)15-20(25)18-9-3-2-4-10-18/h2-4,9-10,19-21H,5-8,11-16H2,1H3/t19-,20-,21+/m0/s1. The Morgan fingerprint density at radius 1 is 0.963 bits per heavy atom. The fourth-order valence-corrected chi connectivity index (χ4v) is 5.34. The zero-order valence-corrected chi connectivity index (χ0v) is 16.3. The molecular weight excluding hydrogens is 338 g/mol. The summed E-state index contributed by atoms with van der Waals surface area (Å²) in [4.78, 5) is 31.9. The van der Waals surface area contributed by atoms with Gasteiger partial charge in [0, 0.05) is 32.1 Å². The molecule has 0 aliphatic carbocycles. The van der Waals surface area contributed by atoms with Gasteiger partial charge in [-0.05, 0) is 44.2 Å². The average Bonchev–Trinajstić information content (AvgIpc) is 3.29. The number of rotatable bonds is 3. The zero-order chi connectivity index (χ0) is 18.8. The molecule has 5 heteroatoms. The molecule has 3 aliphatic rings. The van der Waals surface area contributed by atoms with Crippen molar-refractivity contribution in [1.29, 1.82) is 0 Å². The number of carbonyl (C=O) groups excluding carboxylic acids is 2. The topological polar surface area (TPSA) is 43.9 Å². The second-order valence-corrected chi connectivity index (χ2v) is 8.28. The van der Waals surface area contributed by atoms with Crippen LogP contribution < -0.4 is 0 Å². The van der Waals surface area contributed by atoms with Crippen molar-refractivity contribution in [2.75, 3.05) is 26.2 Å². The molecule has 3 heterocycles. The van der Waals surface area contributed by atoms with Gasteiger partial charge in [-0.25, -0.2) is 0 Å². The minimum absolute atomic E-state index is 0.126. The van der Waals surface area contributed by atoms with E-state index in [-0.39, 0.29) is 29.9 Å². The number of fused-ring (bicyclic) bond motifs is 1. The van der Waals surface area contributed by atoms with Gasteiger partial charge in [0.05, 0.1) is 12.6 Å². The molecule has 1 aromatic rings. The van der Waals surface area contributed by atoms with Crippen molar-refractivity contribution in [3.63, 3.8) is 0 Å². The Bertz CT molecular complexity index is 671. The van der Waals surface area contributed by atoms with E-state index in [0.29, 0.717) is 6.54 Å². The van der Waals surface area contributed by atoms with Crippen LogP contribution in [-0.4, -0.2) is 64.8 Å². The number of benzene rings is 1. The van der Waals surface area contributed by atoms with E-state index in [4.69, 9.17) is 0 Å². The number of hydrogen-bond donors (Lipinski definition) is 0. The summed E-state index contributed by atoms with van der Waals surface area (Å²) >= 11 is 0. The summed E-state index contributed by atoms with van der Waals surface area (Å²) in [7, 11) is 0. The highest BCUT2D eigenvalue weighted by atomic mass is 16.2. The van der Waals surface area contributed by atoms with Crippen LogP contribution in [0.3, 0.4) is 0 Å². The van der Waals surface area contributed by atoms with Gasteiger partial charge >= 0.3 is 0 Å². The molecule has 3 fully saturated rings. The molecular formula is C22H31N3O2. The third-order valence-electron chi connectivity index (χ3n) is 6.61. The maximum atomic E-state index is 12.8. The Morgan fingerprint density at radius 3 is 2.37 bits per heavy atom. The van der Waals surface area contributed by atoms with E-state index >= 15 is 0 Å². The summed E-state index contributed by atoms with van der Waals surface area (Å²) in [5.74, 6) is 0.426. The van der Waals surface area contributed by atoms with Crippen molar-refractivity contribution in [2.45, 2.75) is 63.6 Å². The summed E-state index contributed by atoms with van der Waals surface area (Å²) in [5, 5.41) is 0. The molecule has 2 amide bonds. The maximum Gasteiger partial charge on any atom is 0.236 e. The van der Waals surface area contributed by atoms with E-state index < -0.39 is 0 Å². The summed E-state index contributed by atoms with van der Waals surface area (Å²) in [6, 6.07) is 11.0. The molecule has 27 heavy (non-hydrogen) atoms. The fraction of sp³-hybridized carbons (Fsp3) is 0.636. The smallest absolute Gasteiger partial charge is 0.236 e. The molecule has 0 saturated carbocycles. The first-order valence-corrected chi connectivity index (χ1v) is 10.5. The Kier molecular flexibility index (Phi) is 5.48. The lowest BCUT2D eigenvalue weighted by Gasteiger charge is -2.33. The highest BCUT2D eigenvalue weighted by Crippen LogP contribution is 2.41. The third-order valence-corrected chi connectivity index (χ3v) is 6.61. The number of likely N-dealkylation sites (tertiary alicyclic amines) is 3. The molecule has 0 spiro atoms. The van der Waals surface area contributed by atoms with Crippen LogP contribution in [0.2, 0.25) is 0 Å². The number of carbonyl (C=O) groups is 2. The monoisotopic (exact) mass is 369 g/mol. The predicted molar refractivity (Wildman–Crippen MR) is 105 cm³/mol. The number of amides is 2. The van der Waals surface area contributed by atoms with Crippen molar-refractivity contribution >= 4 is 11.8 Å². The van der Waals surface area contributed by atoms with Crippen molar-refractivity contribution in [3.8, 4) is 0 Å². The highest BCUT2D eigenvalue weighted by Gasteiger charge is 2.46. The lowest BCUT2D eigenvalue weighted by molar-refractivity contribution is -0.132. The van der Waals surface area contributed by atoms with Crippen LogP contribution in [0.15, 0.2) is 30.3 Å². The summed E-state index contributed by atoms with van der Waals surface area (Å²) in [6.07, 6.45) is 6.48. The first kappa shape index (κ1) is 18.5. The van der Waals surface area contributed by atoms with Crippen LogP contribution in [0.25, 0.3) is 0 Å². The predicted octanol–water partition coefficient (Wildman–Crippen LogP) is 2.83. The second-order valence-electron chi connectivity index (χ2n) is 8.28. The van der Waals surface area contributed by atoms with Crippen LogP contribution in [0.1, 0.15) is 57.1 Å². The molecule has 3 saturated heterocycles. The Labute approximate surface area is 162 Å². The number of nitrogens with zero attached hydrogens (tertiary/aromatic N) is 3. The summed E-state index contributed by atoms with van der Waals surface area (Å²) < 4.78 is 0. The summed E-state index contributed by atoms with van der Waals surface area (Å²) in [5.41, 5.74) is 1.21. The lowest BCUT2D eigenvalue weighted by atomic mass is 10.0.